The van der Waals surface area contributed by atoms with Crippen LogP contribution in [0.1, 0.15) is 32.4 Å². The molecule has 0 spiro atoms. The second-order valence-corrected chi connectivity index (χ2v) is 4.99. The summed E-state index contributed by atoms with van der Waals surface area (Å²) in [5, 5.41) is 9.74. The fraction of sp³-hybridized carbons (Fsp3) is 0.412. The van der Waals surface area contributed by atoms with Gasteiger partial charge >= 0.3 is 0 Å². The van der Waals surface area contributed by atoms with E-state index in [1.54, 1.807) is 14.1 Å². The molecule has 0 saturated carbocycles. The smallest absolute Gasteiger partial charge is 0.289 e. The molecular weight excluding hydrogens is 280 g/mol. The lowest BCUT2D eigenvalue weighted by Gasteiger charge is -2.25. The molecule has 1 atom stereocenters. The van der Waals surface area contributed by atoms with Crippen molar-refractivity contribution in [3.63, 3.8) is 0 Å². The highest BCUT2D eigenvalue weighted by atomic mass is 16.3. The predicted molar refractivity (Wildman–Crippen MR) is 86.3 cm³/mol. The maximum atomic E-state index is 12.4. The molecule has 1 aliphatic heterocycles. The zero-order valence-corrected chi connectivity index (χ0v) is 13.8. The van der Waals surface area contributed by atoms with E-state index in [0.29, 0.717) is 0 Å². The normalized spacial score (nSPS) is 15.3. The van der Waals surface area contributed by atoms with Crippen LogP contribution >= 0.6 is 0 Å². The minimum Gasteiger partial charge on any atom is -0.503 e. The molecule has 120 valence electrons. The summed E-state index contributed by atoms with van der Waals surface area (Å²) in [4.78, 5) is 26.8. The van der Waals surface area contributed by atoms with E-state index >= 15 is 0 Å². The molecule has 5 nitrogen and oxygen atoms in total. The summed E-state index contributed by atoms with van der Waals surface area (Å²) in [7, 11) is 3.22. The van der Waals surface area contributed by atoms with E-state index in [-0.39, 0.29) is 24.1 Å². The van der Waals surface area contributed by atoms with Crippen molar-refractivity contribution in [1.29, 1.82) is 0 Å². The van der Waals surface area contributed by atoms with Crippen molar-refractivity contribution in [3.05, 3.63) is 47.2 Å². The van der Waals surface area contributed by atoms with Gasteiger partial charge in [0.15, 0.2) is 5.76 Å². The van der Waals surface area contributed by atoms with E-state index in [9.17, 15) is 14.7 Å². The molecule has 1 aliphatic rings. The standard InChI is InChI=1S/C15H18N2O3.C2H6/c1-10(11-7-5-4-6-8-11)17(3)14(19)12-9-16(2)15(20)13(12)18;1-2/h4-8,10,18H,9H2,1-3H3;1-2H3. The molecule has 2 amide bonds. The maximum absolute atomic E-state index is 12.4. The van der Waals surface area contributed by atoms with E-state index in [0.717, 1.165) is 5.56 Å². The number of aliphatic hydroxyl groups excluding tert-OH is 1. The first-order chi connectivity index (χ1) is 10.4. The van der Waals surface area contributed by atoms with Crippen molar-refractivity contribution in [2.24, 2.45) is 0 Å². The van der Waals surface area contributed by atoms with E-state index < -0.39 is 11.7 Å². The van der Waals surface area contributed by atoms with Crippen LogP contribution in [0.5, 0.6) is 0 Å². The lowest BCUT2D eigenvalue weighted by Crippen LogP contribution is -2.32. The number of carbonyl (C=O) groups excluding carboxylic acids is 2. The van der Waals surface area contributed by atoms with Gasteiger partial charge in [0.2, 0.25) is 0 Å². The average Bonchev–Trinajstić information content (AvgIpc) is 2.83. The van der Waals surface area contributed by atoms with Crippen LogP contribution < -0.4 is 0 Å². The Morgan fingerprint density at radius 2 is 1.82 bits per heavy atom. The van der Waals surface area contributed by atoms with Crippen molar-refractivity contribution < 1.29 is 14.7 Å². The van der Waals surface area contributed by atoms with Crippen molar-refractivity contribution in [3.8, 4) is 0 Å². The monoisotopic (exact) mass is 304 g/mol. The van der Waals surface area contributed by atoms with E-state index in [1.807, 2.05) is 51.1 Å². The molecule has 0 aliphatic carbocycles. The van der Waals surface area contributed by atoms with Gasteiger partial charge in [-0.05, 0) is 12.5 Å². The number of rotatable bonds is 3. The number of likely N-dealkylation sites (N-methyl/N-ethyl adjacent to an activating group) is 2. The lowest BCUT2D eigenvalue weighted by atomic mass is 10.1. The Balaban J connectivity index is 0.00000116. The fourth-order valence-electron chi connectivity index (χ4n) is 2.21. The summed E-state index contributed by atoms with van der Waals surface area (Å²) in [6.45, 7) is 6.06. The van der Waals surface area contributed by atoms with Gasteiger partial charge in [0.1, 0.15) is 0 Å². The second kappa shape index (κ2) is 7.64. The first-order valence-corrected chi connectivity index (χ1v) is 7.43. The number of amides is 2. The summed E-state index contributed by atoms with van der Waals surface area (Å²) in [6.07, 6.45) is 0. The van der Waals surface area contributed by atoms with E-state index in [1.165, 1.54) is 9.80 Å². The molecule has 1 N–H and O–H groups in total. The Kier molecular flexibility index (Phi) is 6.16. The van der Waals surface area contributed by atoms with Crippen molar-refractivity contribution in [1.82, 2.24) is 9.80 Å². The van der Waals surface area contributed by atoms with Crippen LogP contribution in [0.3, 0.4) is 0 Å². The second-order valence-electron chi connectivity index (χ2n) is 4.99. The third kappa shape index (κ3) is 3.47. The van der Waals surface area contributed by atoms with Crippen molar-refractivity contribution in [2.75, 3.05) is 20.6 Å². The summed E-state index contributed by atoms with van der Waals surface area (Å²) < 4.78 is 0. The van der Waals surface area contributed by atoms with Gasteiger partial charge in [-0.15, -0.1) is 0 Å². The predicted octanol–water partition coefficient (Wildman–Crippen LogP) is 2.52. The molecule has 1 heterocycles. The van der Waals surface area contributed by atoms with Gasteiger partial charge in [0.05, 0.1) is 18.2 Å². The molecule has 2 rings (SSSR count). The number of hydrogen-bond acceptors (Lipinski definition) is 3. The van der Waals surface area contributed by atoms with Gasteiger partial charge in [0.25, 0.3) is 11.8 Å². The van der Waals surface area contributed by atoms with Crippen LogP contribution in [0.4, 0.5) is 0 Å². The van der Waals surface area contributed by atoms with Crippen LogP contribution in [0.2, 0.25) is 0 Å². The minimum atomic E-state index is -0.505. The van der Waals surface area contributed by atoms with E-state index in [2.05, 4.69) is 0 Å². The maximum Gasteiger partial charge on any atom is 0.289 e. The van der Waals surface area contributed by atoms with Crippen LogP contribution in [-0.4, -0.2) is 47.4 Å². The van der Waals surface area contributed by atoms with Gasteiger partial charge in [-0.2, -0.15) is 0 Å². The van der Waals surface area contributed by atoms with Gasteiger partial charge in [-0.25, -0.2) is 0 Å². The fourth-order valence-corrected chi connectivity index (χ4v) is 2.21. The topological polar surface area (TPSA) is 60.9 Å². The molecule has 1 unspecified atom stereocenters. The summed E-state index contributed by atoms with van der Waals surface area (Å²) in [5.74, 6) is -1.27. The Hall–Kier alpha value is -2.30. The SMILES string of the molecule is CC.CC(c1ccccc1)N(C)C(=O)C1=C(O)C(=O)N(C)C1. The quantitative estimate of drug-likeness (QED) is 0.933. The summed E-state index contributed by atoms with van der Waals surface area (Å²) in [5.41, 5.74) is 1.16. The number of benzene rings is 1. The first-order valence-electron chi connectivity index (χ1n) is 7.43. The highest BCUT2D eigenvalue weighted by Crippen LogP contribution is 2.23. The number of nitrogens with zero attached hydrogens (tertiary/aromatic N) is 2. The molecule has 5 heteroatoms. The first kappa shape index (κ1) is 17.8. The summed E-state index contributed by atoms with van der Waals surface area (Å²) in [6, 6.07) is 9.48. The molecule has 0 bridgehead atoms. The molecule has 1 aromatic carbocycles. The number of carbonyl (C=O) groups is 2. The highest BCUT2D eigenvalue weighted by Gasteiger charge is 2.34. The van der Waals surface area contributed by atoms with Gasteiger partial charge in [0, 0.05) is 14.1 Å². The summed E-state index contributed by atoms with van der Waals surface area (Å²) >= 11 is 0. The third-order valence-electron chi connectivity index (χ3n) is 3.67. The Labute approximate surface area is 131 Å². The number of hydrogen-bond donors (Lipinski definition) is 1. The van der Waals surface area contributed by atoms with Gasteiger partial charge in [-0.1, -0.05) is 44.2 Å². The molecule has 22 heavy (non-hydrogen) atoms. The van der Waals surface area contributed by atoms with Crippen LogP contribution in [-0.2, 0) is 9.59 Å². The lowest BCUT2D eigenvalue weighted by molar-refractivity contribution is -0.128. The third-order valence-corrected chi connectivity index (χ3v) is 3.67. The van der Waals surface area contributed by atoms with Crippen LogP contribution in [0.15, 0.2) is 41.7 Å². The zero-order valence-electron chi connectivity index (χ0n) is 13.8. The van der Waals surface area contributed by atoms with E-state index in [4.69, 9.17) is 0 Å². The molecule has 0 aromatic heterocycles. The minimum absolute atomic E-state index is 0.134. The zero-order chi connectivity index (χ0) is 16.9. The molecule has 0 saturated heterocycles. The highest BCUT2D eigenvalue weighted by molar-refractivity contribution is 6.06. The largest absolute Gasteiger partial charge is 0.503 e. The number of aliphatic hydroxyl groups is 1. The Morgan fingerprint density at radius 3 is 2.27 bits per heavy atom. The average molecular weight is 304 g/mol. The molecular formula is C17H24N2O3. The molecule has 1 aromatic rings. The molecule has 0 radical (unpaired) electrons. The van der Waals surface area contributed by atoms with Gasteiger partial charge < -0.3 is 14.9 Å². The van der Waals surface area contributed by atoms with Crippen molar-refractivity contribution >= 4 is 11.8 Å². The molecule has 0 fully saturated rings. The van der Waals surface area contributed by atoms with Crippen molar-refractivity contribution in [2.45, 2.75) is 26.8 Å². The Bertz CT molecular complexity index is 567. The van der Waals surface area contributed by atoms with Crippen LogP contribution in [0.25, 0.3) is 0 Å². The van der Waals surface area contributed by atoms with Gasteiger partial charge in [-0.3, -0.25) is 9.59 Å². The van der Waals surface area contributed by atoms with Crippen LogP contribution in [0, 0.1) is 0 Å². The Morgan fingerprint density at radius 1 is 1.27 bits per heavy atom.